The van der Waals surface area contributed by atoms with Crippen molar-refractivity contribution in [1.82, 2.24) is 20.6 Å². The molecule has 3 rings (SSSR count). The molecule has 1 heterocycles. The van der Waals surface area contributed by atoms with Crippen molar-refractivity contribution in [1.29, 1.82) is 0 Å². The van der Waals surface area contributed by atoms with Crippen molar-refractivity contribution < 1.29 is 17.9 Å². The fraction of sp³-hybridized carbons (Fsp3) is 0.300. The standard InChI is InChI=1S/C20H22F3N5O.HI/c1-2-24-19(25-12-11-18-27-15-8-4-5-9-16(15)28-18)26-13-14-7-3-6-10-17(14)29-20(21,22)23;/h3-10H,2,11-13H2,1H3,(H,27,28)(H2,24,25,26);1H. The Balaban J connectivity index is 0.00000320. The quantitative estimate of drug-likeness (QED) is 0.240. The maximum Gasteiger partial charge on any atom is 0.573 e. The van der Waals surface area contributed by atoms with Gasteiger partial charge in [0.1, 0.15) is 11.6 Å². The van der Waals surface area contributed by atoms with Crippen LogP contribution in [0.1, 0.15) is 18.3 Å². The molecule has 162 valence electrons. The van der Waals surface area contributed by atoms with Gasteiger partial charge in [0.2, 0.25) is 0 Å². The molecule has 30 heavy (non-hydrogen) atoms. The highest BCUT2D eigenvalue weighted by molar-refractivity contribution is 14.0. The molecule has 6 nitrogen and oxygen atoms in total. The van der Waals surface area contributed by atoms with E-state index in [4.69, 9.17) is 0 Å². The SMILES string of the molecule is CCNC(=NCc1ccccc1OC(F)(F)F)NCCc1nc2ccccc2[nH]1.I. The highest BCUT2D eigenvalue weighted by Crippen LogP contribution is 2.26. The number of hydrogen-bond donors (Lipinski definition) is 3. The number of nitrogens with zero attached hydrogens (tertiary/aromatic N) is 2. The van der Waals surface area contributed by atoms with Crippen LogP contribution in [0.15, 0.2) is 53.5 Å². The molecule has 0 spiro atoms. The van der Waals surface area contributed by atoms with Crippen LogP contribution in [0, 0.1) is 0 Å². The lowest BCUT2D eigenvalue weighted by Gasteiger charge is -2.13. The number of halogens is 4. The molecule has 0 aliphatic rings. The monoisotopic (exact) mass is 533 g/mol. The number of benzene rings is 2. The van der Waals surface area contributed by atoms with Crippen LogP contribution in [0.2, 0.25) is 0 Å². The maximum atomic E-state index is 12.6. The van der Waals surface area contributed by atoms with Gasteiger partial charge < -0.3 is 20.4 Å². The van der Waals surface area contributed by atoms with Crippen LogP contribution in [0.25, 0.3) is 11.0 Å². The topological polar surface area (TPSA) is 74.3 Å². The van der Waals surface area contributed by atoms with Gasteiger partial charge in [0.05, 0.1) is 17.6 Å². The minimum absolute atomic E-state index is 0. The lowest BCUT2D eigenvalue weighted by atomic mass is 10.2. The van der Waals surface area contributed by atoms with Gasteiger partial charge in [-0.25, -0.2) is 9.98 Å². The molecule has 0 aliphatic heterocycles. The van der Waals surface area contributed by atoms with E-state index in [9.17, 15) is 13.2 Å². The number of H-pyrrole nitrogens is 1. The Morgan fingerprint density at radius 1 is 1.10 bits per heavy atom. The van der Waals surface area contributed by atoms with Gasteiger partial charge in [0.25, 0.3) is 0 Å². The number of alkyl halides is 3. The molecule has 2 aromatic carbocycles. The van der Waals surface area contributed by atoms with Gasteiger partial charge in [-0.2, -0.15) is 0 Å². The molecule has 0 unspecified atom stereocenters. The van der Waals surface area contributed by atoms with E-state index in [1.807, 2.05) is 31.2 Å². The Kier molecular flexibility index (Phi) is 8.75. The number of ether oxygens (including phenoxy) is 1. The van der Waals surface area contributed by atoms with Gasteiger partial charge >= 0.3 is 6.36 Å². The summed E-state index contributed by atoms with van der Waals surface area (Å²) in [5.74, 6) is 1.10. The van der Waals surface area contributed by atoms with Crippen molar-refractivity contribution in [3.63, 3.8) is 0 Å². The minimum Gasteiger partial charge on any atom is -0.405 e. The summed E-state index contributed by atoms with van der Waals surface area (Å²) < 4.78 is 41.7. The van der Waals surface area contributed by atoms with Gasteiger partial charge in [-0.3, -0.25) is 0 Å². The van der Waals surface area contributed by atoms with Crippen molar-refractivity contribution in [2.45, 2.75) is 26.3 Å². The second-order valence-electron chi connectivity index (χ2n) is 6.23. The molecular weight excluding hydrogens is 510 g/mol. The van der Waals surface area contributed by atoms with Crippen LogP contribution in [0.4, 0.5) is 13.2 Å². The summed E-state index contributed by atoms with van der Waals surface area (Å²) >= 11 is 0. The number of rotatable bonds is 7. The number of para-hydroxylation sites is 3. The number of nitrogens with one attached hydrogen (secondary N) is 3. The average molecular weight is 533 g/mol. The molecule has 3 aromatic rings. The van der Waals surface area contributed by atoms with Gasteiger partial charge in [-0.1, -0.05) is 30.3 Å². The van der Waals surface area contributed by atoms with E-state index in [2.05, 4.69) is 30.3 Å². The predicted molar refractivity (Wildman–Crippen MR) is 121 cm³/mol. The number of guanidine groups is 1. The summed E-state index contributed by atoms with van der Waals surface area (Å²) in [6.07, 6.45) is -4.10. The van der Waals surface area contributed by atoms with Gasteiger partial charge in [0.15, 0.2) is 5.96 Å². The third-order valence-electron chi connectivity index (χ3n) is 4.04. The van der Waals surface area contributed by atoms with Crippen LogP contribution in [-0.2, 0) is 13.0 Å². The van der Waals surface area contributed by atoms with Crippen LogP contribution >= 0.6 is 24.0 Å². The summed E-state index contributed by atoms with van der Waals surface area (Å²) in [5, 5.41) is 6.25. The summed E-state index contributed by atoms with van der Waals surface area (Å²) in [5.41, 5.74) is 2.23. The van der Waals surface area contributed by atoms with Crippen LogP contribution < -0.4 is 15.4 Å². The highest BCUT2D eigenvalue weighted by atomic mass is 127. The average Bonchev–Trinajstić information content (AvgIpc) is 3.08. The zero-order chi connectivity index (χ0) is 20.7. The van der Waals surface area contributed by atoms with E-state index in [1.165, 1.54) is 12.1 Å². The summed E-state index contributed by atoms with van der Waals surface area (Å²) in [6, 6.07) is 13.8. The smallest absolute Gasteiger partial charge is 0.405 e. The summed E-state index contributed by atoms with van der Waals surface area (Å²) in [4.78, 5) is 12.1. The molecular formula is C20H23F3IN5O. The third kappa shape index (κ3) is 7.08. The summed E-state index contributed by atoms with van der Waals surface area (Å²) in [6.45, 7) is 3.15. The fourth-order valence-corrected chi connectivity index (χ4v) is 2.79. The largest absolute Gasteiger partial charge is 0.573 e. The second-order valence-corrected chi connectivity index (χ2v) is 6.23. The molecule has 0 amide bonds. The highest BCUT2D eigenvalue weighted by Gasteiger charge is 2.31. The van der Waals surface area contributed by atoms with Crippen LogP contribution in [0.5, 0.6) is 5.75 Å². The first-order valence-corrected chi connectivity index (χ1v) is 9.24. The number of aromatic nitrogens is 2. The molecule has 10 heteroatoms. The van der Waals surface area contributed by atoms with Crippen molar-refractivity contribution in [3.05, 3.63) is 59.9 Å². The Morgan fingerprint density at radius 2 is 1.83 bits per heavy atom. The lowest BCUT2D eigenvalue weighted by Crippen LogP contribution is -2.38. The van der Waals surface area contributed by atoms with E-state index < -0.39 is 6.36 Å². The Bertz CT molecular complexity index is 941. The third-order valence-corrected chi connectivity index (χ3v) is 4.04. The zero-order valence-corrected chi connectivity index (χ0v) is 18.6. The first-order valence-electron chi connectivity index (χ1n) is 9.24. The first-order chi connectivity index (χ1) is 13.9. The maximum absolute atomic E-state index is 12.6. The fourth-order valence-electron chi connectivity index (χ4n) is 2.79. The number of aromatic amines is 1. The zero-order valence-electron chi connectivity index (χ0n) is 16.3. The molecule has 0 bridgehead atoms. The predicted octanol–water partition coefficient (Wildman–Crippen LogP) is 4.38. The molecule has 3 N–H and O–H groups in total. The van der Waals surface area contributed by atoms with E-state index in [1.54, 1.807) is 12.1 Å². The minimum atomic E-state index is -4.74. The number of aliphatic imine (C=N–C) groups is 1. The van der Waals surface area contributed by atoms with E-state index in [0.717, 1.165) is 16.9 Å². The number of imidazole rings is 1. The Labute approximate surface area is 189 Å². The van der Waals surface area contributed by atoms with Crippen molar-refractivity contribution in [2.75, 3.05) is 13.1 Å². The molecule has 0 atom stereocenters. The first kappa shape index (κ1) is 23.8. The van der Waals surface area contributed by atoms with E-state index in [0.29, 0.717) is 31.0 Å². The molecule has 0 saturated heterocycles. The molecule has 1 aromatic heterocycles. The van der Waals surface area contributed by atoms with Crippen LogP contribution in [0.3, 0.4) is 0 Å². The van der Waals surface area contributed by atoms with Gasteiger partial charge in [-0.15, -0.1) is 37.1 Å². The van der Waals surface area contributed by atoms with Gasteiger partial charge in [0, 0.05) is 25.1 Å². The molecule has 0 radical (unpaired) electrons. The van der Waals surface area contributed by atoms with Gasteiger partial charge in [-0.05, 0) is 25.1 Å². The van der Waals surface area contributed by atoms with Crippen LogP contribution in [-0.4, -0.2) is 35.4 Å². The summed E-state index contributed by atoms with van der Waals surface area (Å²) in [7, 11) is 0. The lowest BCUT2D eigenvalue weighted by molar-refractivity contribution is -0.274. The number of hydrogen-bond acceptors (Lipinski definition) is 3. The normalized spacial score (nSPS) is 11.8. The molecule has 0 fully saturated rings. The number of fused-ring (bicyclic) bond motifs is 1. The molecule has 0 saturated carbocycles. The Hall–Kier alpha value is -2.50. The van der Waals surface area contributed by atoms with E-state index >= 15 is 0 Å². The van der Waals surface area contributed by atoms with Crippen molar-refractivity contribution in [2.24, 2.45) is 4.99 Å². The molecule has 0 aliphatic carbocycles. The Morgan fingerprint density at radius 3 is 2.57 bits per heavy atom. The van der Waals surface area contributed by atoms with Crippen molar-refractivity contribution >= 4 is 41.0 Å². The van der Waals surface area contributed by atoms with Crippen molar-refractivity contribution in [3.8, 4) is 5.75 Å². The second kappa shape index (κ2) is 11.0. The van der Waals surface area contributed by atoms with E-state index in [-0.39, 0.29) is 36.3 Å².